The highest BCUT2D eigenvalue weighted by molar-refractivity contribution is 5.74. The smallest absolute Gasteiger partial charge is 0.332 e. The zero-order valence-electron chi connectivity index (χ0n) is 11.8. The molecule has 0 aromatic rings. The molecule has 0 heterocycles. The second-order valence-corrected chi connectivity index (χ2v) is 4.75. The first-order chi connectivity index (χ1) is 8.84. The van der Waals surface area contributed by atoms with Crippen LogP contribution in [-0.2, 0) is 4.79 Å². The van der Waals surface area contributed by atoms with Crippen LogP contribution in [0.1, 0.15) is 26.7 Å². The van der Waals surface area contributed by atoms with Crippen LogP contribution in [-0.4, -0.2) is 65.9 Å². The van der Waals surface area contributed by atoms with Gasteiger partial charge in [-0.3, -0.25) is 0 Å². The molecular weight excluding hydrogens is 250 g/mol. The normalized spacial score (nSPS) is 12.5. The summed E-state index contributed by atoms with van der Waals surface area (Å²) in [6.07, 6.45) is -0.585. The highest BCUT2D eigenvalue weighted by atomic mass is 16.4. The van der Waals surface area contributed by atoms with Crippen molar-refractivity contribution in [2.45, 2.75) is 38.8 Å². The van der Waals surface area contributed by atoms with E-state index in [2.05, 4.69) is 29.4 Å². The summed E-state index contributed by atoms with van der Waals surface area (Å²) in [4.78, 5) is 23.8. The molecular formula is C12H25N3O4. The van der Waals surface area contributed by atoms with E-state index >= 15 is 0 Å². The molecule has 0 aromatic carbocycles. The lowest BCUT2D eigenvalue weighted by molar-refractivity contribution is -0.146. The highest BCUT2D eigenvalue weighted by Crippen LogP contribution is 1.94. The lowest BCUT2D eigenvalue weighted by Crippen LogP contribution is -2.39. The lowest BCUT2D eigenvalue weighted by Gasteiger charge is -2.20. The third kappa shape index (κ3) is 9.26. The van der Waals surface area contributed by atoms with Crippen LogP contribution < -0.4 is 10.6 Å². The maximum Gasteiger partial charge on any atom is 0.332 e. The SMILES string of the molecule is CC(C)N(C)CCCNC(=O)NCC[C@H](O)C(=O)O. The van der Waals surface area contributed by atoms with Gasteiger partial charge in [-0.25, -0.2) is 9.59 Å². The Kier molecular flexibility index (Phi) is 8.90. The van der Waals surface area contributed by atoms with Crippen LogP contribution in [0.5, 0.6) is 0 Å². The Hall–Kier alpha value is -1.34. The summed E-state index contributed by atoms with van der Waals surface area (Å²) in [5.74, 6) is -1.28. The first-order valence-electron chi connectivity index (χ1n) is 6.47. The molecule has 0 radical (unpaired) electrons. The predicted molar refractivity (Wildman–Crippen MR) is 72.0 cm³/mol. The zero-order chi connectivity index (χ0) is 14.8. The molecule has 4 N–H and O–H groups in total. The van der Waals surface area contributed by atoms with Crippen LogP contribution in [0.3, 0.4) is 0 Å². The van der Waals surface area contributed by atoms with Crippen molar-refractivity contribution in [3.05, 3.63) is 0 Å². The average Bonchev–Trinajstić information content (AvgIpc) is 2.33. The Labute approximate surface area is 114 Å². The van der Waals surface area contributed by atoms with Crippen molar-refractivity contribution in [2.24, 2.45) is 0 Å². The second kappa shape index (κ2) is 9.57. The van der Waals surface area contributed by atoms with E-state index in [0.29, 0.717) is 12.6 Å². The molecule has 0 saturated heterocycles. The van der Waals surface area contributed by atoms with Crippen LogP contribution in [0.2, 0.25) is 0 Å². The maximum atomic E-state index is 11.3. The van der Waals surface area contributed by atoms with Gasteiger partial charge in [0.25, 0.3) is 0 Å². The molecule has 0 rings (SSSR count). The van der Waals surface area contributed by atoms with E-state index in [1.54, 1.807) is 0 Å². The maximum absolute atomic E-state index is 11.3. The summed E-state index contributed by atoms with van der Waals surface area (Å²) < 4.78 is 0. The Morgan fingerprint density at radius 1 is 1.21 bits per heavy atom. The molecule has 2 amide bonds. The predicted octanol–water partition coefficient (Wildman–Crippen LogP) is -0.148. The standard InChI is InChI=1S/C12H25N3O4/c1-9(2)15(3)8-4-6-13-12(19)14-7-5-10(16)11(17)18/h9-10,16H,4-8H2,1-3H3,(H,17,18)(H2,13,14,19)/t10-/m0/s1. The second-order valence-electron chi connectivity index (χ2n) is 4.75. The molecule has 0 fully saturated rings. The number of carboxylic acid groups (broad SMARTS) is 1. The molecule has 0 spiro atoms. The van der Waals surface area contributed by atoms with Gasteiger partial charge in [0.2, 0.25) is 0 Å². The van der Waals surface area contributed by atoms with Crippen LogP contribution in [0.25, 0.3) is 0 Å². The summed E-state index contributed by atoms with van der Waals surface area (Å²) in [7, 11) is 2.03. The molecule has 0 saturated carbocycles. The molecule has 0 unspecified atom stereocenters. The van der Waals surface area contributed by atoms with Crippen LogP contribution in [0, 0.1) is 0 Å². The molecule has 0 aliphatic heterocycles. The number of nitrogens with one attached hydrogen (secondary N) is 2. The zero-order valence-corrected chi connectivity index (χ0v) is 11.8. The monoisotopic (exact) mass is 275 g/mol. The van der Waals surface area contributed by atoms with Crippen molar-refractivity contribution in [1.29, 1.82) is 0 Å². The highest BCUT2D eigenvalue weighted by Gasteiger charge is 2.12. The fraction of sp³-hybridized carbons (Fsp3) is 0.833. The number of aliphatic hydroxyl groups excluding tert-OH is 1. The van der Waals surface area contributed by atoms with E-state index in [1.165, 1.54) is 0 Å². The van der Waals surface area contributed by atoms with E-state index in [9.17, 15) is 9.59 Å². The number of carbonyl (C=O) groups is 2. The summed E-state index contributed by atoms with van der Waals surface area (Å²) in [6, 6.07) is 0.135. The van der Waals surface area contributed by atoms with E-state index in [-0.39, 0.29) is 19.0 Å². The average molecular weight is 275 g/mol. The number of hydrogen-bond donors (Lipinski definition) is 4. The van der Waals surface area contributed by atoms with Crippen molar-refractivity contribution >= 4 is 12.0 Å². The summed E-state index contributed by atoms with van der Waals surface area (Å²) >= 11 is 0. The van der Waals surface area contributed by atoms with E-state index < -0.39 is 12.1 Å². The van der Waals surface area contributed by atoms with E-state index in [1.807, 2.05) is 7.05 Å². The fourth-order valence-corrected chi connectivity index (χ4v) is 1.30. The molecule has 0 aromatic heterocycles. The van der Waals surface area contributed by atoms with Gasteiger partial charge >= 0.3 is 12.0 Å². The summed E-state index contributed by atoms with van der Waals surface area (Å²) in [6.45, 7) is 5.80. The third-order valence-corrected chi connectivity index (χ3v) is 2.84. The molecule has 0 aliphatic carbocycles. The van der Waals surface area contributed by atoms with Crippen molar-refractivity contribution < 1.29 is 19.8 Å². The quantitative estimate of drug-likeness (QED) is 0.438. The van der Waals surface area contributed by atoms with E-state index in [0.717, 1.165) is 13.0 Å². The number of amides is 2. The van der Waals surface area contributed by atoms with Gasteiger partial charge < -0.3 is 25.7 Å². The lowest BCUT2D eigenvalue weighted by atomic mass is 10.2. The van der Waals surface area contributed by atoms with Crippen molar-refractivity contribution in [3.63, 3.8) is 0 Å². The van der Waals surface area contributed by atoms with Crippen molar-refractivity contribution in [2.75, 3.05) is 26.7 Å². The minimum atomic E-state index is -1.43. The minimum Gasteiger partial charge on any atom is -0.479 e. The van der Waals surface area contributed by atoms with Crippen LogP contribution in [0.4, 0.5) is 4.79 Å². The number of aliphatic carboxylic acids is 1. The Morgan fingerprint density at radius 3 is 2.32 bits per heavy atom. The Balaban J connectivity index is 3.53. The van der Waals surface area contributed by atoms with Crippen LogP contribution in [0.15, 0.2) is 0 Å². The summed E-state index contributed by atoms with van der Waals surface area (Å²) in [5.41, 5.74) is 0. The number of aliphatic hydroxyl groups is 1. The number of carbonyl (C=O) groups excluding carboxylic acids is 1. The van der Waals surface area contributed by atoms with Gasteiger partial charge in [-0.1, -0.05) is 0 Å². The number of nitrogens with zero attached hydrogens (tertiary/aromatic N) is 1. The molecule has 0 aliphatic rings. The largest absolute Gasteiger partial charge is 0.479 e. The van der Waals surface area contributed by atoms with Gasteiger partial charge in [-0.2, -0.15) is 0 Å². The molecule has 7 nitrogen and oxygen atoms in total. The minimum absolute atomic E-state index is 0.00115. The van der Waals surface area contributed by atoms with Crippen molar-refractivity contribution in [1.82, 2.24) is 15.5 Å². The Morgan fingerprint density at radius 2 is 1.79 bits per heavy atom. The van der Waals surface area contributed by atoms with Gasteiger partial charge in [-0.15, -0.1) is 0 Å². The van der Waals surface area contributed by atoms with Crippen molar-refractivity contribution in [3.8, 4) is 0 Å². The van der Waals surface area contributed by atoms with Gasteiger partial charge in [0.1, 0.15) is 0 Å². The fourth-order valence-electron chi connectivity index (χ4n) is 1.30. The van der Waals surface area contributed by atoms with E-state index in [4.69, 9.17) is 10.2 Å². The van der Waals surface area contributed by atoms with Gasteiger partial charge in [0.05, 0.1) is 0 Å². The number of rotatable bonds is 9. The Bertz CT molecular complexity index is 284. The number of hydrogen-bond acceptors (Lipinski definition) is 4. The third-order valence-electron chi connectivity index (χ3n) is 2.84. The molecule has 112 valence electrons. The molecule has 7 heteroatoms. The summed E-state index contributed by atoms with van der Waals surface area (Å²) in [5, 5.41) is 22.6. The molecule has 0 bridgehead atoms. The number of carboxylic acids is 1. The first kappa shape index (κ1) is 17.7. The molecule has 1 atom stereocenters. The number of urea groups is 1. The van der Waals surface area contributed by atoms with Gasteiger partial charge in [0, 0.05) is 25.6 Å². The first-order valence-corrected chi connectivity index (χ1v) is 6.47. The topological polar surface area (TPSA) is 102 Å². The van der Waals surface area contributed by atoms with Gasteiger partial charge in [-0.05, 0) is 33.9 Å². The molecule has 19 heavy (non-hydrogen) atoms. The van der Waals surface area contributed by atoms with Gasteiger partial charge in [0.15, 0.2) is 6.10 Å². The van der Waals surface area contributed by atoms with Crippen LogP contribution >= 0.6 is 0 Å².